The lowest BCUT2D eigenvalue weighted by molar-refractivity contribution is -0.110. The number of carbonyl (C=O) groups excluding carboxylic acids is 1. The fourth-order valence-corrected chi connectivity index (χ4v) is 3.50. The second-order valence-corrected chi connectivity index (χ2v) is 8.07. The molecule has 1 aliphatic rings. The number of halogens is 4. The lowest BCUT2D eigenvalue weighted by Crippen LogP contribution is -2.28. The first kappa shape index (κ1) is 21.6. The Labute approximate surface area is 181 Å². The topological polar surface area (TPSA) is 67.1 Å². The third-order valence-corrected chi connectivity index (χ3v) is 5.15. The Morgan fingerprint density at radius 3 is 2.16 bits per heavy atom. The molecule has 0 saturated carbocycles. The molecule has 4 rings (SSSR count). The first-order chi connectivity index (χ1) is 15.0. The van der Waals surface area contributed by atoms with Crippen molar-refractivity contribution in [3.63, 3.8) is 0 Å². The summed E-state index contributed by atoms with van der Waals surface area (Å²) in [5, 5.41) is 5.54. The highest BCUT2D eigenvalue weighted by Gasteiger charge is 2.29. The first-order valence-corrected chi connectivity index (χ1v) is 9.71. The highest BCUT2D eigenvalue weighted by atomic mass is 19.2. The van der Waals surface area contributed by atoms with Crippen LogP contribution in [0.4, 0.5) is 28.9 Å². The second-order valence-electron chi connectivity index (χ2n) is 8.07. The summed E-state index contributed by atoms with van der Waals surface area (Å²) >= 11 is 0. The van der Waals surface area contributed by atoms with Gasteiger partial charge in [-0.2, -0.15) is 0 Å². The lowest BCUT2D eigenvalue weighted by Gasteiger charge is -2.20. The molecule has 4 N–H and O–H groups in total. The SMILES string of the molecule is CC(C)(N)c1ccc(N/C(=C2\C(=O)Nc3cc(F)ccc32)c2cc(F)c(F)c(F)c2)cc1. The Bertz CT molecular complexity index is 1240. The monoisotopic (exact) mass is 441 g/mol. The van der Waals surface area contributed by atoms with Crippen LogP contribution in [0.5, 0.6) is 0 Å². The van der Waals surface area contributed by atoms with Crippen LogP contribution in [-0.4, -0.2) is 5.91 Å². The van der Waals surface area contributed by atoms with Gasteiger partial charge in [0.05, 0.1) is 17.0 Å². The van der Waals surface area contributed by atoms with E-state index in [1.165, 1.54) is 12.1 Å². The molecule has 32 heavy (non-hydrogen) atoms. The first-order valence-electron chi connectivity index (χ1n) is 9.71. The minimum absolute atomic E-state index is 0.0328. The zero-order chi connectivity index (χ0) is 23.2. The molecule has 0 radical (unpaired) electrons. The third kappa shape index (κ3) is 3.97. The molecule has 4 nitrogen and oxygen atoms in total. The molecule has 0 atom stereocenters. The molecule has 0 saturated heterocycles. The fraction of sp³-hybridized carbons (Fsp3) is 0.125. The van der Waals surface area contributed by atoms with Gasteiger partial charge in [-0.25, -0.2) is 17.6 Å². The number of nitrogens with two attached hydrogens (primary N) is 1. The van der Waals surface area contributed by atoms with Gasteiger partial charge in [0.15, 0.2) is 17.5 Å². The number of nitrogens with one attached hydrogen (secondary N) is 2. The van der Waals surface area contributed by atoms with E-state index in [-0.39, 0.29) is 22.5 Å². The van der Waals surface area contributed by atoms with Gasteiger partial charge in [-0.1, -0.05) is 12.1 Å². The van der Waals surface area contributed by atoms with Gasteiger partial charge in [0.1, 0.15) is 5.82 Å². The van der Waals surface area contributed by atoms with Gasteiger partial charge < -0.3 is 16.4 Å². The normalized spacial score (nSPS) is 14.8. The smallest absolute Gasteiger partial charge is 0.258 e. The molecule has 164 valence electrons. The molecule has 0 fully saturated rings. The van der Waals surface area contributed by atoms with Crippen molar-refractivity contribution >= 4 is 28.6 Å². The van der Waals surface area contributed by atoms with Crippen molar-refractivity contribution in [3.8, 4) is 0 Å². The number of carbonyl (C=O) groups is 1. The van der Waals surface area contributed by atoms with Gasteiger partial charge in [-0.15, -0.1) is 0 Å². The molecular weight excluding hydrogens is 422 g/mol. The number of amides is 1. The molecule has 1 amide bonds. The molecule has 0 aliphatic carbocycles. The zero-order valence-electron chi connectivity index (χ0n) is 17.2. The number of hydrogen-bond donors (Lipinski definition) is 3. The quantitative estimate of drug-likeness (QED) is 0.290. The highest BCUT2D eigenvalue weighted by Crippen LogP contribution is 2.38. The summed E-state index contributed by atoms with van der Waals surface area (Å²) in [5.41, 5.74) is 7.38. The molecule has 3 aromatic rings. The number of fused-ring (bicyclic) bond motifs is 1. The lowest BCUT2D eigenvalue weighted by atomic mass is 9.95. The van der Waals surface area contributed by atoms with Crippen LogP contribution in [0, 0.1) is 23.3 Å². The van der Waals surface area contributed by atoms with Crippen molar-refractivity contribution in [1.82, 2.24) is 0 Å². The maximum Gasteiger partial charge on any atom is 0.258 e. The molecule has 1 heterocycles. The van der Waals surface area contributed by atoms with Crippen molar-refractivity contribution in [2.75, 3.05) is 10.6 Å². The van der Waals surface area contributed by atoms with Gasteiger partial charge in [0, 0.05) is 22.4 Å². The Kier molecular flexibility index (Phi) is 5.26. The number of benzene rings is 3. The van der Waals surface area contributed by atoms with E-state index >= 15 is 0 Å². The molecule has 0 spiro atoms. The zero-order valence-corrected chi connectivity index (χ0v) is 17.2. The van der Waals surface area contributed by atoms with Gasteiger partial charge in [0.25, 0.3) is 5.91 Å². The van der Waals surface area contributed by atoms with Crippen molar-refractivity contribution in [2.24, 2.45) is 5.73 Å². The van der Waals surface area contributed by atoms with Crippen LogP contribution >= 0.6 is 0 Å². The van der Waals surface area contributed by atoms with E-state index in [9.17, 15) is 22.4 Å². The highest BCUT2D eigenvalue weighted by molar-refractivity contribution is 6.37. The minimum atomic E-state index is -1.62. The van der Waals surface area contributed by atoms with E-state index in [1.54, 1.807) is 24.3 Å². The van der Waals surface area contributed by atoms with Crippen LogP contribution in [0.3, 0.4) is 0 Å². The van der Waals surface area contributed by atoms with Crippen molar-refractivity contribution in [2.45, 2.75) is 19.4 Å². The molecule has 3 aromatic carbocycles. The largest absolute Gasteiger partial charge is 0.354 e. The van der Waals surface area contributed by atoms with E-state index in [0.717, 1.165) is 23.8 Å². The fourth-order valence-electron chi connectivity index (χ4n) is 3.50. The minimum Gasteiger partial charge on any atom is -0.354 e. The average Bonchev–Trinajstić information content (AvgIpc) is 3.04. The van der Waals surface area contributed by atoms with E-state index in [1.807, 2.05) is 13.8 Å². The van der Waals surface area contributed by atoms with Crippen LogP contribution in [0.25, 0.3) is 11.3 Å². The van der Waals surface area contributed by atoms with Crippen molar-refractivity contribution in [1.29, 1.82) is 0 Å². The Balaban J connectivity index is 1.89. The summed E-state index contributed by atoms with van der Waals surface area (Å²) in [4.78, 5) is 12.8. The second kappa shape index (κ2) is 7.80. The summed E-state index contributed by atoms with van der Waals surface area (Å²) < 4.78 is 55.3. The van der Waals surface area contributed by atoms with Crippen LogP contribution in [-0.2, 0) is 10.3 Å². The standard InChI is InChI=1S/C24H19F4N3O/c1-24(2,29)13-3-6-15(7-4-13)30-22(12-9-17(26)21(28)18(27)10-12)20-16-8-5-14(25)11-19(16)31-23(20)32/h3-11,30H,29H2,1-2H3,(H,31,32)/b22-20-. The summed E-state index contributed by atoms with van der Waals surface area (Å²) in [6.07, 6.45) is 0. The van der Waals surface area contributed by atoms with Gasteiger partial charge in [-0.05, 0) is 61.9 Å². The van der Waals surface area contributed by atoms with Crippen LogP contribution in [0.15, 0.2) is 54.6 Å². The van der Waals surface area contributed by atoms with Crippen molar-refractivity contribution in [3.05, 3.63) is 94.6 Å². The Hall–Kier alpha value is -3.65. The maximum absolute atomic E-state index is 14.0. The van der Waals surface area contributed by atoms with Crippen LogP contribution in [0.1, 0.15) is 30.5 Å². The number of anilines is 2. The van der Waals surface area contributed by atoms with Crippen molar-refractivity contribution < 1.29 is 22.4 Å². The predicted molar refractivity (Wildman–Crippen MR) is 115 cm³/mol. The van der Waals surface area contributed by atoms with Gasteiger partial charge in [-0.3, -0.25) is 4.79 Å². The summed E-state index contributed by atoms with van der Waals surface area (Å²) in [5.74, 6) is -5.58. The number of rotatable bonds is 4. The van der Waals surface area contributed by atoms with Gasteiger partial charge in [0.2, 0.25) is 0 Å². The summed E-state index contributed by atoms with van der Waals surface area (Å²) in [6.45, 7) is 3.68. The van der Waals surface area contributed by atoms with E-state index in [2.05, 4.69) is 10.6 Å². The van der Waals surface area contributed by atoms with E-state index in [0.29, 0.717) is 11.3 Å². The summed E-state index contributed by atoms with van der Waals surface area (Å²) in [6, 6.07) is 12.2. The molecule has 8 heteroatoms. The van der Waals surface area contributed by atoms with E-state index < -0.39 is 34.7 Å². The number of hydrogen-bond acceptors (Lipinski definition) is 3. The average molecular weight is 441 g/mol. The van der Waals surface area contributed by atoms with Crippen LogP contribution < -0.4 is 16.4 Å². The molecule has 0 bridgehead atoms. The summed E-state index contributed by atoms with van der Waals surface area (Å²) in [7, 11) is 0. The van der Waals surface area contributed by atoms with Gasteiger partial charge >= 0.3 is 0 Å². The molecule has 1 aliphatic heterocycles. The Morgan fingerprint density at radius 2 is 1.56 bits per heavy atom. The Morgan fingerprint density at radius 1 is 0.938 bits per heavy atom. The molecule has 0 unspecified atom stereocenters. The molecule has 0 aromatic heterocycles. The molecular formula is C24H19F4N3O. The maximum atomic E-state index is 14.0. The predicted octanol–water partition coefficient (Wildman–Crippen LogP) is 5.37. The van der Waals surface area contributed by atoms with E-state index in [4.69, 9.17) is 5.73 Å². The third-order valence-electron chi connectivity index (χ3n) is 5.15. The van der Waals surface area contributed by atoms with Crippen LogP contribution in [0.2, 0.25) is 0 Å².